The lowest BCUT2D eigenvalue weighted by molar-refractivity contribution is 0.0992. The first-order valence-corrected chi connectivity index (χ1v) is 10.9. The number of hydrogen-bond donors (Lipinski definition) is 2. The molecule has 3 heterocycles. The Morgan fingerprint density at radius 1 is 1.21 bits per heavy atom. The lowest BCUT2D eigenvalue weighted by atomic mass is 9.96. The highest BCUT2D eigenvalue weighted by Gasteiger charge is 2.41. The summed E-state index contributed by atoms with van der Waals surface area (Å²) in [5, 5.41) is 7.86. The molecule has 2 N–H and O–H groups in total. The average molecular weight is 406 g/mol. The molecular formula is C21H32ClN5O. The summed E-state index contributed by atoms with van der Waals surface area (Å²) in [6, 6.07) is 8.55. The third-order valence-corrected chi connectivity index (χ3v) is 6.48. The molecule has 0 spiro atoms. The van der Waals surface area contributed by atoms with Crippen molar-refractivity contribution < 1.29 is 4.74 Å². The van der Waals surface area contributed by atoms with Crippen LogP contribution in [-0.4, -0.2) is 75.4 Å². The second kappa shape index (κ2) is 9.33. The molecule has 0 aromatic heterocycles. The van der Waals surface area contributed by atoms with Crippen molar-refractivity contribution in [3.8, 4) is 0 Å². The van der Waals surface area contributed by atoms with Crippen LogP contribution in [0.5, 0.6) is 0 Å². The van der Waals surface area contributed by atoms with Gasteiger partial charge in [-0.05, 0) is 44.4 Å². The summed E-state index contributed by atoms with van der Waals surface area (Å²) in [4.78, 5) is 9.30. The molecule has 1 aromatic carbocycles. The standard InChI is InChI=1S/C21H32ClN5O/c1-23-21(25-18-15-16-7-8-20(18)28-16)24-9-4-10-26-11-13-27(14-12-26)19-6-3-2-5-17(19)22/h2-3,5-6,16,18,20H,4,7-15H2,1H3,(H2,23,24,25). The predicted octanol–water partition coefficient (Wildman–Crippen LogP) is 2.34. The van der Waals surface area contributed by atoms with Crippen LogP contribution in [0.15, 0.2) is 29.3 Å². The van der Waals surface area contributed by atoms with Crippen LogP contribution in [0.4, 0.5) is 5.69 Å². The quantitative estimate of drug-likeness (QED) is 0.432. The SMILES string of the molecule is CN=C(NCCCN1CCN(c2ccccc2Cl)CC1)NC1CC2CCC1O2. The van der Waals surface area contributed by atoms with E-state index in [0.717, 1.165) is 68.8 Å². The van der Waals surface area contributed by atoms with Gasteiger partial charge in [-0.15, -0.1) is 0 Å². The largest absolute Gasteiger partial charge is 0.373 e. The predicted molar refractivity (Wildman–Crippen MR) is 116 cm³/mol. The number of halogens is 1. The van der Waals surface area contributed by atoms with E-state index in [-0.39, 0.29) is 0 Å². The highest BCUT2D eigenvalue weighted by Crippen LogP contribution is 2.34. The molecule has 28 heavy (non-hydrogen) atoms. The number of nitrogens with one attached hydrogen (secondary N) is 2. The number of ether oxygens (including phenoxy) is 1. The summed E-state index contributed by atoms with van der Waals surface area (Å²) in [5.74, 6) is 0.907. The maximum absolute atomic E-state index is 6.33. The molecule has 0 radical (unpaired) electrons. The highest BCUT2D eigenvalue weighted by molar-refractivity contribution is 6.33. The van der Waals surface area contributed by atoms with Crippen LogP contribution in [0.1, 0.15) is 25.7 Å². The molecule has 0 amide bonds. The first-order valence-electron chi connectivity index (χ1n) is 10.6. The van der Waals surface area contributed by atoms with Gasteiger partial charge in [0.2, 0.25) is 0 Å². The van der Waals surface area contributed by atoms with E-state index in [1.807, 2.05) is 19.2 Å². The molecule has 4 rings (SSSR count). The monoisotopic (exact) mass is 405 g/mol. The number of hydrogen-bond acceptors (Lipinski definition) is 4. The van der Waals surface area contributed by atoms with Crippen LogP contribution in [0.2, 0.25) is 5.02 Å². The minimum atomic E-state index is 0.373. The van der Waals surface area contributed by atoms with E-state index in [1.54, 1.807) is 0 Å². The fraction of sp³-hybridized carbons (Fsp3) is 0.667. The van der Waals surface area contributed by atoms with Gasteiger partial charge in [0.1, 0.15) is 0 Å². The number of fused-ring (bicyclic) bond motifs is 2. The zero-order chi connectivity index (χ0) is 19.3. The van der Waals surface area contributed by atoms with Gasteiger partial charge in [-0.3, -0.25) is 9.89 Å². The highest BCUT2D eigenvalue weighted by atomic mass is 35.5. The molecule has 0 aliphatic carbocycles. The number of benzene rings is 1. The van der Waals surface area contributed by atoms with Crippen molar-refractivity contribution in [2.45, 2.75) is 43.9 Å². The smallest absolute Gasteiger partial charge is 0.191 e. The molecule has 3 saturated heterocycles. The number of aliphatic imine (C=N–C) groups is 1. The van der Waals surface area contributed by atoms with E-state index in [0.29, 0.717) is 18.2 Å². The molecule has 6 nitrogen and oxygen atoms in total. The van der Waals surface area contributed by atoms with Gasteiger partial charge >= 0.3 is 0 Å². The Morgan fingerprint density at radius 3 is 2.71 bits per heavy atom. The minimum Gasteiger partial charge on any atom is -0.373 e. The molecule has 1 aromatic rings. The van der Waals surface area contributed by atoms with Crippen molar-refractivity contribution in [3.05, 3.63) is 29.3 Å². The topological polar surface area (TPSA) is 52.1 Å². The van der Waals surface area contributed by atoms with E-state index >= 15 is 0 Å². The lowest BCUT2D eigenvalue weighted by Crippen LogP contribution is -2.49. The van der Waals surface area contributed by atoms with Crippen molar-refractivity contribution in [3.63, 3.8) is 0 Å². The summed E-state index contributed by atoms with van der Waals surface area (Å²) in [7, 11) is 1.84. The van der Waals surface area contributed by atoms with Crippen molar-refractivity contribution >= 4 is 23.2 Å². The van der Waals surface area contributed by atoms with Crippen LogP contribution < -0.4 is 15.5 Å². The van der Waals surface area contributed by atoms with E-state index in [1.165, 1.54) is 12.8 Å². The summed E-state index contributed by atoms with van der Waals surface area (Å²) < 4.78 is 5.92. The van der Waals surface area contributed by atoms with Crippen molar-refractivity contribution in [2.75, 3.05) is 51.2 Å². The van der Waals surface area contributed by atoms with Gasteiger partial charge in [0.15, 0.2) is 5.96 Å². The summed E-state index contributed by atoms with van der Waals surface area (Å²) in [6.45, 7) is 6.28. The molecule has 3 aliphatic heterocycles. The molecule has 3 fully saturated rings. The van der Waals surface area contributed by atoms with Gasteiger partial charge in [-0.1, -0.05) is 23.7 Å². The van der Waals surface area contributed by atoms with Crippen LogP contribution in [0.25, 0.3) is 0 Å². The van der Waals surface area contributed by atoms with Gasteiger partial charge in [0.05, 0.1) is 29.0 Å². The first-order chi connectivity index (χ1) is 13.7. The van der Waals surface area contributed by atoms with Gasteiger partial charge in [-0.25, -0.2) is 0 Å². The number of nitrogens with zero attached hydrogens (tertiary/aromatic N) is 3. The Morgan fingerprint density at radius 2 is 2.04 bits per heavy atom. The Hall–Kier alpha value is -1.50. The first kappa shape index (κ1) is 19.8. The fourth-order valence-electron chi connectivity index (χ4n) is 4.59. The van der Waals surface area contributed by atoms with E-state index in [9.17, 15) is 0 Å². The van der Waals surface area contributed by atoms with Gasteiger partial charge in [-0.2, -0.15) is 0 Å². The van der Waals surface area contributed by atoms with Crippen LogP contribution in [0, 0.1) is 0 Å². The molecule has 154 valence electrons. The van der Waals surface area contributed by atoms with Gasteiger partial charge in [0.25, 0.3) is 0 Å². The summed E-state index contributed by atoms with van der Waals surface area (Å²) in [5.41, 5.74) is 1.16. The van der Waals surface area contributed by atoms with Crippen LogP contribution >= 0.6 is 11.6 Å². The molecule has 3 unspecified atom stereocenters. The third kappa shape index (κ3) is 4.73. The average Bonchev–Trinajstić information content (AvgIpc) is 3.34. The van der Waals surface area contributed by atoms with E-state index < -0.39 is 0 Å². The number of rotatable bonds is 6. The zero-order valence-corrected chi connectivity index (χ0v) is 17.5. The second-order valence-electron chi connectivity index (χ2n) is 7.99. The Bertz CT molecular complexity index is 677. The van der Waals surface area contributed by atoms with Crippen molar-refractivity contribution in [1.29, 1.82) is 0 Å². The Kier molecular flexibility index (Phi) is 6.60. The fourth-order valence-corrected chi connectivity index (χ4v) is 4.85. The molecular weight excluding hydrogens is 374 g/mol. The molecule has 3 aliphatic rings. The Balaban J connectivity index is 1.13. The maximum Gasteiger partial charge on any atom is 0.191 e. The number of anilines is 1. The van der Waals surface area contributed by atoms with Gasteiger partial charge < -0.3 is 20.3 Å². The second-order valence-corrected chi connectivity index (χ2v) is 8.40. The third-order valence-electron chi connectivity index (χ3n) is 6.16. The Labute approximate surface area is 173 Å². The van der Waals surface area contributed by atoms with Gasteiger partial charge in [0, 0.05) is 39.8 Å². The van der Waals surface area contributed by atoms with Crippen molar-refractivity contribution in [1.82, 2.24) is 15.5 Å². The zero-order valence-electron chi connectivity index (χ0n) is 16.7. The lowest BCUT2D eigenvalue weighted by Gasteiger charge is -2.36. The van der Waals surface area contributed by atoms with Crippen LogP contribution in [0.3, 0.4) is 0 Å². The minimum absolute atomic E-state index is 0.373. The maximum atomic E-state index is 6.33. The molecule has 0 saturated carbocycles. The molecule has 3 atom stereocenters. The summed E-state index contributed by atoms with van der Waals surface area (Å²) in [6.07, 6.45) is 5.46. The number of para-hydroxylation sites is 1. The molecule has 7 heteroatoms. The normalized spacial score (nSPS) is 28.0. The van der Waals surface area contributed by atoms with Crippen molar-refractivity contribution in [2.24, 2.45) is 4.99 Å². The summed E-state index contributed by atoms with van der Waals surface area (Å²) >= 11 is 6.33. The number of piperazine rings is 1. The number of guanidine groups is 1. The van der Waals surface area contributed by atoms with E-state index in [4.69, 9.17) is 16.3 Å². The van der Waals surface area contributed by atoms with E-state index in [2.05, 4.69) is 37.6 Å². The van der Waals surface area contributed by atoms with Crippen LogP contribution in [-0.2, 0) is 4.74 Å². The molecule has 2 bridgehead atoms.